The molecule has 0 atom stereocenters. The summed E-state index contributed by atoms with van der Waals surface area (Å²) < 4.78 is 8.01. The third kappa shape index (κ3) is 3.43. The number of hydrogen-bond acceptors (Lipinski definition) is 3. The predicted molar refractivity (Wildman–Crippen MR) is 78.1 cm³/mol. The molecule has 1 aliphatic heterocycles. The van der Waals surface area contributed by atoms with Crippen molar-refractivity contribution >= 4 is 29.0 Å². The SMILES string of the molecule is C[N+]1(C(=O)OCc2ccccc2)CCN(I)CC1. The van der Waals surface area contributed by atoms with Crippen LogP contribution in [0.25, 0.3) is 0 Å². The Balaban J connectivity index is 1.88. The Morgan fingerprint density at radius 1 is 1.33 bits per heavy atom. The quantitative estimate of drug-likeness (QED) is 0.461. The van der Waals surface area contributed by atoms with E-state index in [2.05, 4.69) is 26.0 Å². The Hall–Kier alpha value is -0.660. The minimum Gasteiger partial charge on any atom is -0.415 e. The first-order valence-corrected chi connectivity index (χ1v) is 7.03. The molecule has 1 aliphatic rings. The molecule has 0 aromatic heterocycles. The molecule has 1 saturated heterocycles. The Bertz CT molecular complexity index is 403. The van der Waals surface area contributed by atoms with Crippen LogP contribution in [0.1, 0.15) is 5.56 Å². The minimum atomic E-state index is -0.122. The summed E-state index contributed by atoms with van der Waals surface area (Å²) in [7, 11) is 1.96. The molecule has 98 valence electrons. The van der Waals surface area contributed by atoms with Crippen LogP contribution < -0.4 is 0 Å². The first-order chi connectivity index (χ1) is 8.60. The summed E-state index contributed by atoms with van der Waals surface area (Å²) in [5, 5.41) is 0. The van der Waals surface area contributed by atoms with Gasteiger partial charge in [-0.15, -0.1) is 0 Å². The van der Waals surface area contributed by atoms with Crippen LogP contribution in [0.15, 0.2) is 30.3 Å². The van der Waals surface area contributed by atoms with Gasteiger partial charge in [-0.2, -0.15) is 4.79 Å². The average molecular weight is 361 g/mol. The maximum atomic E-state index is 12.1. The van der Waals surface area contributed by atoms with E-state index in [1.807, 2.05) is 37.4 Å². The van der Waals surface area contributed by atoms with Gasteiger partial charge in [-0.1, -0.05) is 30.3 Å². The highest BCUT2D eigenvalue weighted by Crippen LogP contribution is 2.15. The molecule has 1 heterocycles. The Morgan fingerprint density at radius 2 is 1.94 bits per heavy atom. The summed E-state index contributed by atoms with van der Waals surface area (Å²) in [6.45, 7) is 3.85. The maximum Gasteiger partial charge on any atom is 0.516 e. The van der Waals surface area contributed by atoms with E-state index in [0.29, 0.717) is 11.1 Å². The van der Waals surface area contributed by atoms with Crippen molar-refractivity contribution in [3.8, 4) is 0 Å². The van der Waals surface area contributed by atoms with E-state index >= 15 is 0 Å². The number of quaternary nitrogens is 1. The number of amides is 1. The normalized spacial score (nSPS) is 19.4. The van der Waals surface area contributed by atoms with E-state index < -0.39 is 0 Å². The van der Waals surface area contributed by atoms with Gasteiger partial charge in [0.15, 0.2) is 0 Å². The second-order valence-corrected chi connectivity index (χ2v) is 6.16. The summed E-state index contributed by atoms with van der Waals surface area (Å²) in [5.74, 6) is 0. The molecule has 18 heavy (non-hydrogen) atoms. The molecule has 4 nitrogen and oxygen atoms in total. The molecule has 0 aliphatic carbocycles. The second kappa shape index (κ2) is 5.99. The molecule has 1 amide bonds. The molecule has 0 bridgehead atoms. The van der Waals surface area contributed by atoms with Gasteiger partial charge in [0.2, 0.25) is 0 Å². The van der Waals surface area contributed by atoms with Crippen LogP contribution in [0, 0.1) is 0 Å². The van der Waals surface area contributed by atoms with Crippen molar-refractivity contribution in [1.82, 2.24) is 3.11 Å². The van der Waals surface area contributed by atoms with Crippen LogP contribution in [0.4, 0.5) is 4.79 Å². The van der Waals surface area contributed by atoms with E-state index in [4.69, 9.17) is 4.74 Å². The third-order valence-corrected chi connectivity index (χ3v) is 4.28. The van der Waals surface area contributed by atoms with Gasteiger partial charge in [-0.05, 0) is 5.56 Å². The topological polar surface area (TPSA) is 29.5 Å². The van der Waals surface area contributed by atoms with E-state index in [9.17, 15) is 4.79 Å². The van der Waals surface area contributed by atoms with Crippen LogP contribution >= 0.6 is 22.9 Å². The highest BCUT2D eigenvalue weighted by molar-refractivity contribution is 14.1. The molecule has 1 aromatic carbocycles. The zero-order valence-electron chi connectivity index (χ0n) is 10.5. The van der Waals surface area contributed by atoms with Gasteiger partial charge in [0, 0.05) is 22.9 Å². The van der Waals surface area contributed by atoms with E-state index in [0.717, 1.165) is 31.7 Å². The number of piperazine rings is 1. The number of hydrogen-bond donors (Lipinski definition) is 0. The fraction of sp³-hybridized carbons (Fsp3) is 0.462. The van der Waals surface area contributed by atoms with Gasteiger partial charge in [-0.3, -0.25) is 0 Å². The number of rotatable bonds is 2. The lowest BCUT2D eigenvalue weighted by Crippen LogP contribution is -2.58. The summed E-state index contributed by atoms with van der Waals surface area (Å²) >= 11 is 2.30. The molecule has 5 heteroatoms. The van der Waals surface area contributed by atoms with Crippen molar-refractivity contribution in [2.75, 3.05) is 33.2 Å². The first kappa shape index (κ1) is 13.8. The highest BCUT2D eigenvalue weighted by Gasteiger charge is 2.37. The Morgan fingerprint density at radius 3 is 2.56 bits per heavy atom. The molecule has 0 spiro atoms. The predicted octanol–water partition coefficient (Wildman–Crippen LogP) is 2.44. The highest BCUT2D eigenvalue weighted by atomic mass is 127. The minimum absolute atomic E-state index is 0.122. The van der Waals surface area contributed by atoms with Crippen molar-refractivity contribution in [3.63, 3.8) is 0 Å². The van der Waals surface area contributed by atoms with Crippen molar-refractivity contribution in [2.45, 2.75) is 6.61 Å². The molecule has 0 radical (unpaired) electrons. The van der Waals surface area contributed by atoms with E-state index in [1.54, 1.807) is 0 Å². The molecular weight excluding hydrogens is 343 g/mol. The first-order valence-electron chi connectivity index (χ1n) is 6.07. The van der Waals surface area contributed by atoms with Crippen LogP contribution in [0.5, 0.6) is 0 Å². The van der Waals surface area contributed by atoms with Gasteiger partial charge in [0.1, 0.15) is 19.7 Å². The monoisotopic (exact) mass is 361 g/mol. The number of nitrogens with zero attached hydrogens (tertiary/aromatic N) is 2. The van der Waals surface area contributed by atoms with Crippen LogP contribution in [-0.2, 0) is 11.3 Å². The van der Waals surface area contributed by atoms with Crippen LogP contribution in [0.2, 0.25) is 0 Å². The van der Waals surface area contributed by atoms with Gasteiger partial charge in [0.25, 0.3) is 0 Å². The van der Waals surface area contributed by atoms with Gasteiger partial charge >= 0.3 is 6.09 Å². The second-order valence-electron chi connectivity index (χ2n) is 4.79. The lowest BCUT2D eigenvalue weighted by molar-refractivity contribution is -0.841. The molecule has 0 saturated carbocycles. The zero-order valence-corrected chi connectivity index (χ0v) is 12.7. The Kier molecular flexibility index (Phi) is 4.58. The maximum absolute atomic E-state index is 12.1. The lowest BCUT2D eigenvalue weighted by Gasteiger charge is -2.36. The van der Waals surface area contributed by atoms with Crippen LogP contribution in [0.3, 0.4) is 0 Å². The summed E-state index contributed by atoms with van der Waals surface area (Å²) in [4.78, 5) is 12.1. The molecule has 1 aromatic rings. The number of likely N-dealkylation sites (N-methyl/N-ethyl adjacent to an activating group) is 1. The number of carbonyl (C=O) groups is 1. The smallest absolute Gasteiger partial charge is 0.415 e. The van der Waals surface area contributed by atoms with E-state index in [-0.39, 0.29) is 6.09 Å². The van der Waals surface area contributed by atoms with E-state index in [1.165, 1.54) is 0 Å². The van der Waals surface area contributed by atoms with Crippen molar-refractivity contribution in [1.29, 1.82) is 0 Å². The number of ether oxygens (including phenoxy) is 1. The van der Waals surface area contributed by atoms with Gasteiger partial charge in [0.05, 0.1) is 20.1 Å². The summed E-state index contributed by atoms with van der Waals surface area (Å²) in [6.07, 6.45) is -0.122. The van der Waals surface area contributed by atoms with Crippen molar-refractivity contribution < 1.29 is 14.0 Å². The number of benzene rings is 1. The van der Waals surface area contributed by atoms with Crippen molar-refractivity contribution in [2.24, 2.45) is 0 Å². The Labute approximate surface area is 122 Å². The standard InChI is InChI=1S/C13H18IN2O2/c1-16(9-7-15(14)8-10-16)13(17)18-11-12-5-3-2-4-6-12/h2-6H,7-11H2,1H3/q+1. The molecule has 1 fully saturated rings. The molecular formula is C13H18IN2O2+. The fourth-order valence-electron chi connectivity index (χ4n) is 1.94. The fourth-order valence-corrected chi connectivity index (χ4v) is 2.37. The van der Waals surface area contributed by atoms with Gasteiger partial charge < -0.3 is 4.74 Å². The van der Waals surface area contributed by atoms with Crippen molar-refractivity contribution in [3.05, 3.63) is 35.9 Å². The van der Waals surface area contributed by atoms with Gasteiger partial charge in [-0.25, -0.2) is 7.60 Å². The average Bonchev–Trinajstić information content (AvgIpc) is 2.41. The van der Waals surface area contributed by atoms with Crippen LogP contribution in [-0.4, -0.2) is 46.9 Å². The summed E-state index contributed by atoms with van der Waals surface area (Å²) in [6, 6.07) is 9.80. The third-order valence-electron chi connectivity index (χ3n) is 3.32. The zero-order chi connectivity index (χ0) is 13.0. The molecule has 2 rings (SSSR count). The number of carbonyl (C=O) groups excluding carboxylic acids is 1. The lowest BCUT2D eigenvalue weighted by atomic mass is 10.2. The largest absolute Gasteiger partial charge is 0.516 e. The molecule has 0 unspecified atom stereocenters. The number of halogens is 1. The molecule has 0 N–H and O–H groups in total. The summed E-state index contributed by atoms with van der Waals surface area (Å²) in [5.41, 5.74) is 1.03.